The van der Waals surface area contributed by atoms with Gasteiger partial charge in [-0.1, -0.05) is 24.3 Å². The number of nitrogens with zero attached hydrogens (tertiary/aromatic N) is 5. The standard InChI is InChI=1S/C25H34N6O3S/c1-35(33,34)31-14-7-21(8-15-31)28-24-16-23(26-18-27-24)25(32)29-12-9-22(10-13-29)30-11-6-19-4-2-3-5-20(19)17-30/h2-5,16,18,21-22H,6-15,17H2,1H3,(H,26,27,28). The third kappa shape index (κ3) is 5.65. The maximum atomic E-state index is 13.2. The number of benzene rings is 1. The lowest BCUT2D eigenvalue weighted by Crippen LogP contribution is -2.48. The fraction of sp³-hybridized carbons (Fsp3) is 0.560. The van der Waals surface area contributed by atoms with Crippen molar-refractivity contribution < 1.29 is 13.2 Å². The van der Waals surface area contributed by atoms with Crippen LogP contribution in [-0.2, 0) is 23.0 Å². The van der Waals surface area contributed by atoms with E-state index >= 15 is 0 Å². The van der Waals surface area contributed by atoms with E-state index in [0.717, 1.165) is 45.4 Å². The Kier molecular flexibility index (Phi) is 7.04. The highest BCUT2D eigenvalue weighted by atomic mass is 32.2. The number of anilines is 1. The second kappa shape index (κ2) is 10.2. The Bertz CT molecular complexity index is 1160. The SMILES string of the molecule is CS(=O)(=O)N1CCC(Nc2cc(C(=O)N3CCC(N4CCc5ccccc5C4)CC3)ncn2)CC1. The lowest BCUT2D eigenvalue weighted by atomic mass is 9.95. The van der Waals surface area contributed by atoms with Gasteiger partial charge in [0.15, 0.2) is 0 Å². The van der Waals surface area contributed by atoms with Crippen LogP contribution in [0.15, 0.2) is 36.7 Å². The molecule has 0 atom stereocenters. The van der Waals surface area contributed by atoms with Gasteiger partial charge in [-0.05, 0) is 43.2 Å². The van der Waals surface area contributed by atoms with Crippen molar-refractivity contribution in [1.29, 1.82) is 0 Å². The van der Waals surface area contributed by atoms with E-state index in [4.69, 9.17) is 0 Å². The van der Waals surface area contributed by atoms with Crippen LogP contribution in [0.5, 0.6) is 0 Å². The Morgan fingerprint density at radius 1 is 0.971 bits per heavy atom. The number of hydrogen-bond donors (Lipinski definition) is 1. The average molecular weight is 499 g/mol. The molecular formula is C25H34N6O3S. The van der Waals surface area contributed by atoms with Gasteiger partial charge in [0.25, 0.3) is 5.91 Å². The first-order valence-corrected chi connectivity index (χ1v) is 14.4. The molecular weight excluding hydrogens is 464 g/mol. The molecule has 3 aliphatic rings. The van der Waals surface area contributed by atoms with Crippen LogP contribution in [0.4, 0.5) is 5.82 Å². The minimum absolute atomic E-state index is 0.0511. The molecule has 0 saturated carbocycles. The molecule has 0 bridgehead atoms. The molecule has 2 saturated heterocycles. The third-order valence-corrected chi connectivity index (χ3v) is 8.89. The summed E-state index contributed by atoms with van der Waals surface area (Å²) in [5, 5.41) is 3.36. The Hall–Kier alpha value is -2.56. The number of likely N-dealkylation sites (tertiary alicyclic amines) is 1. The number of nitrogens with one attached hydrogen (secondary N) is 1. The summed E-state index contributed by atoms with van der Waals surface area (Å²) in [5.41, 5.74) is 3.30. The number of rotatable bonds is 5. The van der Waals surface area contributed by atoms with E-state index in [9.17, 15) is 13.2 Å². The maximum Gasteiger partial charge on any atom is 0.272 e. The Morgan fingerprint density at radius 2 is 1.69 bits per heavy atom. The minimum Gasteiger partial charge on any atom is -0.367 e. The number of aromatic nitrogens is 2. The lowest BCUT2D eigenvalue weighted by Gasteiger charge is -2.40. The van der Waals surface area contributed by atoms with E-state index in [1.165, 1.54) is 28.0 Å². The molecule has 0 spiro atoms. The molecule has 1 aromatic carbocycles. The van der Waals surface area contributed by atoms with E-state index in [2.05, 4.69) is 44.5 Å². The molecule has 9 nitrogen and oxygen atoms in total. The summed E-state index contributed by atoms with van der Waals surface area (Å²) < 4.78 is 24.9. The monoisotopic (exact) mass is 498 g/mol. The molecule has 1 amide bonds. The molecule has 3 aliphatic heterocycles. The number of carbonyl (C=O) groups is 1. The summed E-state index contributed by atoms with van der Waals surface area (Å²) in [5.74, 6) is 0.563. The molecule has 35 heavy (non-hydrogen) atoms. The number of fused-ring (bicyclic) bond motifs is 1. The molecule has 0 radical (unpaired) electrons. The normalized spacial score (nSPS) is 21.0. The second-order valence-corrected chi connectivity index (χ2v) is 11.9. The van der Waals surface area contributed by atoms with Gasteiger partial charge < -0.3 is 10.2 Å². The van der Waals surface area contributed by atoms with Gasteiger partial charge in [-0.25, -0.2) is 22.7 Å². The van der Waals surface area contributed by atoms with Crippen molar-refractivity contribution in [2.45, 2.75) is 50.7 Å². The predicted octanol–water partition coefficient (Wildman–Crippen LogP) is 1.98. The van der Waals surface area contributed by atoms with Crippen molar-refractivity contribution >= 4 is 21.7 Å². The summed E-state index contributed by atoms with van der Waals surface area (Å²) in [4.78, 5) is 26.2. The van der Waals surface area contributed by atoms with Crippen molar-refractivity contribution in [2.75, 3.05) is 44.3 Å². The highest BCUT2D eigenvalue weighted by Gasteiger charge is 2.30. The first kappa shape index (κ1) is 24.1. The van der Waals surface area contributed by atoms with Gasteiger partial charge in [-0.2, -0.15) is 0 Å². The van der Waals surface area contributed by atoms with Gasteiger partial charge in [0.1, 0.15) is 17.8 Å². The Morgan fingerprint density at radius 3 is 2.40 bits per heavy atom. The minimum atomic E-state index is -3.15. The zero-order chi connectivity index (χ0) is 24.4. The van der Waals surface area contributed by atoms with Gasteiger partial charge in [0.2, 0.25) is 10.0 Å². The van der Waals surface area contributed by atoms with E-state index in [-0.39, 0.29) is 11.9 Å². The second-order valence-electron chi connectivity index (χ2n) is 9.88. The van der Waals surface area contributed by atoms with Crippen LogP contribution in [-0.4, -0.2) is 89.5 Å². The van der Waals surface area contributed by atoms with Crippen LogP contribution >= 0.6 is 0 Å². The first-order valence-electron chi connectivity index (χ1n) is 12.5. The molecule has 2 fully saturated rings. The fourth-order valence-electron chi connectivity index (χ4n) is 5.52. The van der Waals surface area contributed by atoms with Crippen LogP contribution in [0.25, 0.3) is 0 Å². The van der Waals surface area contributed by atoms with Crippen LogP contribution < -0.4 is 5.32 Å². The number of sulfonamides is 1. The van der Waals surface area contributed by atoms with Crippen molar-refractivity contribution in [3.63, 3.8) is 0 Å². The van der Waals surface area contributed by atoms with Crippen LogP contribution in [0.1, 0.15) is 47.3 Å². The number of amides is 1. The zero-order valence-electron chi connectivity index (χ0n) is 20.3. The molecule has 0 aliphatic carbocycles. The van der Waals surface area contributed by atoms with E-state index < -0.39 is 10.0 Å². The van der Waals surface area contributed by atoms with E-state index in [0.29, 0.717) is 43.5 Å². The molecule has 5 rings (SSSR count). The quantitative estimate of drug-likeness (QED) is 0.673. The predicted molar refractivity (Wildman–Crippen MR) is 135 cm³/mol. The molecule has 1 aromatic heterocycles. The molecule has 2 aromatic rings. The molecule has 4 heterocycles. The smallest absolute Gasteiger partial charge is 0.272 e. The third-order valence-electron chi connectivity index (χ3n) is 7.59. The molecule has 1 N–H and O–H groups in total. The molecule has 188 valence electrons. The summed E-state index contributed by atoms with van der Waals surface area (Å²) in [6, 6.07) is 11.1. The molecule has 10 heteroatoms. The summed E-state index contributed by atoms with van der Waals surface area (Å²) in [7, 11) is -3.15. The van der Waals surface area contributed by atoms with Gasteiger partial charge in [0, 0.05) is 57.4 Å². The van der Waals surface area contributed by atoms with Crippen LogP contribution in [0, 0.1) is 0 Å². The van der Waals surface area contributed by atoms with E-state index in [1.54, 1.807) is 6.07 Å². The highest BCUT2D eigenvalue weighted by Crippen LogP contribution is 2.25. The number of hydrogen-bond acceptors (Lipinski definition) is 7. The Labute approximate surface area is 207 Å². The van der Waals surface area contributed by atoms with Crippen molar-refractivity contribution in [1.82, 2.24) is 24.1 Å². The Balaban J connectivity index is 1.14. The summed E-state index contributed by atoms with van der Waals surface area (Å²) >= 11 is 0. The zero-order valence-corrected chi connectivity index (χ0v) is 21.1. The first-order chi connectivity index (χ1) is 16.9. The van der Waals surface area contributed by atoms with Crippen molar-refractivity contribution in [2.24, 2.45) is 0 Å². The van der Waals surface area contributed by atoms with Crippen LogP contribution in [0.2, 0.25) is 0 Å². The number of carbonyl (C=O) groups excluding carboxylic acids is 1. The maximum absolute atomic E-state index is 13.2. The van der Waals surface area contributed by atoms with Crippen molar-refractivity contribution in [3.05, 3.63) is 53.5 Å². The fourth-order valence-corrected chi connectivity index (χ4v) is 6.39. The summed E-state index contributed by atoms with van der Waals surface area (Å²) in [6.45, 7) is 4.53. The topological polar surface area (TPSA) is 98.7 Å². The number of piperidine rings is 2. The summed E-state index contributed by atoms with van der Waals surface area (Å²) in [6.07, 6.45) is 7.13. The van der Waals surface area contributed by atoms with Gasteiger partial charge in [-0.3, -0.25) is 9.69 Å². The highest BCUT2D eigenvalue weighted by molar-refractivity contribution is 7.88. The van der Waals surface area contributed by atoms with E-state index in [1.807, 2.05) is 4.90 Å². The lowest BCUT2D eigenvalue weighted by molar-refractivity contribution is 0.0594. The van der Waals surface area contributed by atoms with Gasteiger partial charge in [-0.15, -0.1) is 0 Å². The molecule has 0 unspecified atom stereocenters. The van der Waals surface area contributed by atoms with Crippen LogP contribution in [0.3, 0.4) is 0 Å². The average Bonchev–Trinajstić information content (AvgIpc) is 2.88. The van der Waals surface area contributed by atoms with Gasteiger partial charge >= 0.3 is 0 Å². The van der Waals surface area contributed by atoms with Crippen molar-refractivity contribution in [3.8, 4) is 0 Å². The van der Waals surface area contributed by atoms with Gasteiger partial charge in [0.05, 0.1) is 6.26 Å². The largest absolute Gasteiger partial charge is 0.367 e.